The molecule has 0 aliphatic carbocycles. The maximum atomic E-state index is 12.8. The van der Waals surface area contributed by atoms with Gasteiger partial charge in [-0.2, -0.15) is 0 Å². The minimum atomic E-state index is -0.208. The lowest BCUT2D eigenvalue weighted by molar-refractivity contribution is 0.0951. The van der Waals surface area contributed by atoms with Crippen molar-refractivity contribution in [3.63, 3.8) is 0 Å². The summed E-state index contributed by atoms with van der Waals surface area (Å²) >= 11 is 3.33. The van der Waals surface area contributed by atoms with Crippen molar-refractivity contribution in [2.45, 2.75) is 16.5 Å². The number of nitrogens with zero attached hydrogens (tertiary/aromatic N) is 2. The van der Waals surface area contributed by atoms with Crippen LogP contribution in [0, 0.1) is 0 Å². The molecule has 2 heterocycles. The number of hydrogen-bond acceptors (Lipinski definition) is 5. The standard InChI is InChI=1S/C23H22N4O2S2/c1-30-19-10-4-16(5-11-19)15-25-21(28)17-6-8-18(9-7-17)26-23(29)27-13-14-31-22-20(27)3-2-12-24-22/h2-12H,13-15H2,1H3,(H,25,28)(H,26,29). The number of benzene rings is 2. The first-order chi connectivity index (χ1) is 15.1. The van der Waals surface area contributed by atoms with E-state index in [1.165, 1.54) is 4.90 Å². The maximum absolute atomic E-state index is 12.8. The monoisotopic (exact) mass is 450 g/mol. The summed E-state index contributed by atoms with van der Waals surface area (Å²) in [6, 6.07) is 18.5. The third kappa shape index (κ3) is 5.21. The number of amides is 3. The van der Waals surface area contributed by atoms with Crippen LogP contribution in [0.15, 0.2) is 76.8 Å². The second kappa shape index (κ2) is 9.89. The summed E-state index contributed by atoms with van der Waals surface area (Å²) in [4.78, 5) is 32.4. The highest BCUT2D eigenvalue weighted by atomic mass is 32.2. The molecule has 0 saturated carbocycles. The van der Waals surface area contributed by atoms with Gasteiger partial charge in [0.05, 0.1) is 5.69 Å². The van der Waals surface area contributed by atoms with Crippen molar-refractivity contribution in [2.24, 2.45) is 0 Å². The fourth-order valence-corrected chi connectivity index (χ4v) is 4.52. The highest BCUT2D eigenvalue weighted by Gasteiger charge is 2.23. The van der Waals surface area contributed by atoms with Crippen molar-refractivity contribution >= 4 is 46.8 Å². The van der Waals surface area contributed by atoms with Gasteiger partial charge in [-0.3, -0.25) is 9.69 Å². The lowest BCUT2D eigenvalue weighted by Crippen LogP contribution is -2.38. The quantitative estimate of drug-likeness (QED) is 0.542. The second-order valence-electron chi connectivity index (χ2n) is 6.87. The zero-order valence-electron chi connectivity index (χ0n) is 17.0. The molecule has 0 spiro atoms. The molecule has 1 aromatic heterocycles. The largest absolute Gasteiger partial charge is 0.348 e. The molecule has 31 heavy (non-hydrogen) atoms. The lowest BCUT2D eigenvalue weighted by Gasteiger charge is -2.28. The van der Waals surface area contributed by atoms with Crippen LogP contribution >= 0.6 is 23.5 Å². The van der Waals surface area contributed by atoms with Gasteiger partial charge >= 0.3 is 6.03 Å². The number of aromatic nitrogens is 1. The number of thioether (sulfide) groups is 2. The number of hydrogen-bond donors (Lipinski definition) is 2. The first-order valence-corrected chi connectivity index (χ1v) is 12.0. The molecule has 8 heteroatoms. The van der Waals surface area contributed by atoms with Crippen molar-refractivity contribution in [3.8, 4) is 0 Å². The molecular weight excluding hydrogens is 428 g/mol. The van der Waals surface area contributed by atoms with Gasteiger partial charge in [0, 0.05) is 41.2 Å². The van der Waals surface area contributed by atoms with E-state index in [0.29, 0.717) is 24.3 Å². The van der Waals surface area contributed by atoms with E-state index in [2.05, 4.69) is 15.6 Å². The summed E-state index contributed by atoms with van der Waals surface area (Å²) in [6.45, 7) is 1.08. The maximum Gasteiger partial charge on any atom is 0.326 e. The van der Waals surface area contributed by atoms with Crippen molar-refractivity contribution in [1.29, 1.82) is 0 Å². The van der Waals surface area contributed by atoms with Crippen LogP contribution in [0.25, 0.3) is 0 Å². The van der Waals surface area contributed by atoms with Crippen molar-refractivity contribution < 1.29 is 9.59 Å². The van der Waals surface area contributed by atoms with Crippen LogP contribution < -0.4 is 15.5 Å². The molecule has 2 N–H and O–H groups in total. The molecule has 3 aromatic rings. The Morgan fingerprint density at radius 2 is 1.87 bits per heavy atom. The summed E-state index contributed by atoms with van der Waals surface area (Å²) in [5.41, 5.74) is 3.04. The van der Waals surface area contributed by atoms with Gasteiger partial charge in [-0.1, -0.05) is 12.1 Å². The number of fused-ring (bicyclic) bond motifs is 1. The van der Waals surface area contributed by atoms with Gasteiger partial charge < -0.3 is 10.6 Å². The van der Waals surface area contributed by atoms with Crippen LogP contribution in [0.4, 0.5) is 16.2 Å². The number of carbonyl (C=O) groups excluding carboxylic acids is 2. The topological polar surface area (TPSA) is 74.3 Å². The smallest absolute Gasteiger partial charge is 0.326 e. The molecule has 6 nitrogen and oxygen atoms in total. The van der Waals surface area contributed by atoms with E-state index in [-0.39, 0.29) is 11.9 Å². The molecule has 0 bridgehead atoms. The van der Waals surface area contributed by atoms with Gasteiger partial charge in [0.15, 0.2) is 0 Å². The fourth-order valence-electron chi connectivity index (χ4n) is 3.19. The van der Waals surface area contributed by atoms with Crippen molar-refractivity contribution in [3.05, 3.63) is 78.0 Å². The Morgan fingerprint density at radius 1 is 1.10 bits per heavy atom. The number of nitrogens with one attached hydrogen (secondary N) is 2. The number of pyridine rings is 1. The highest BCUT2D eigenvalue weighted by molar-refractivity contribution is 7.99. The van der Waals surface area contributed by atoms with E-state index in [4.69, 9.17) is 0 Å². The van der Waals surface area contributed by atoms with Gasteiger partial charge in [0.1, 0.15) is 5.03 Å². The molecule has 158 valence electrons. The van der Waals surface area contributed by atoms with E-state index >= 15 is 0 Å². The highest BCUT2D eigenvalue weighted by Crippen LogP contribution is 2.32. The van der Waals surface area contributed by atoms with Gasteiger partial charge in [0.25, 0.3) is 5.91 Å². The average molecular weight is 451 g/mol. The number of carbonyl (C=O) groups is 2. The van der Waals surface area contributed by atoms with E-state index in [0.717, 1.165) is 22.0 Å². The Hall–Kier alpha value is -2.97. The zero-order valence-corrected chi connectivity index (χ0v) is 18.6. The average Bonchev–Trinajstić information content (AvgIpc) is 2.83. The SMILES string of the molecule is CSc1ccc(CNC(=O)c2ccc(NC(=O)N3CCSc4ncccc43)cc2)cc1. The second-order valence-corrected chi connectivity index (χ2v) is 8.83. The Balaban J connectivity index is 1.34. The van der Waals surface area contributed by atoms with Crippen LogP contribution in [0.5, 0.6) is 0 Å². The summed E-state index contributed by atoms with van der Waals surface area (Å²) in [6.07, 6.45) is 3.76. The Labute approximate surface area is 189 Å². The van der Waals surface area contributed by atoms with Crippen LogP contribution in [0.2, 0.25) is 0 Å². The molecule has 0 fully saturated rings. The predicted octanol–water partition coefficient (Wildman–Crippen LogP) is 4.88. The Bertz CT molecular complexity index is 1070. The minimum absolute atomic E-state index is 0.153. The molecule has 0 radical (unpaired) electrons. The van der Waals surface area contributed by atoms with E-state index in [1.54, 1.807) is 58.9 Å². The van der Waals surface area contributed by atoms with E-state index in [9.17, 15) is 9.59 Å². The predicted molar refractivity (Wildman–Crippen MR) is 127 cm³/mol. The van der Waals surface area contributed by atoms with Crippen LogP contribution in [0.1, 0.15) is 15.9 Å². The van der Waals surface area contributed by atoms with Crippen molar-refractivity contribution in [1.82, 2.24) is 10.3 Å². The molecule has 2 aromatic carbocycles. The summed E-state index contributed by atoms with van der Waals surface area (Å²) in [5.74, 6) is 0.649. The van der Waals surface area contributed by atoms with Gasteiger partial charge in [-0.25, -0.2) is 9.78 Å². The van der Waals surface area contributed by atoms with Crippen LogP contribution in [-0.2, 0) is 6.54 Å². The van der Waals surface area contributed by atoms with Gasteiger partial charge in [-0.05, 0) is 60.4 Å². The van der Waals surface area contributed by atoms with Gasteiger partial charge in [0.2, 0.25) is 0 Å². The third-order valence-electron chi connectivity index (χ3n) is 4.85. The number of rotatable bonds is 5. The molecular formula is C23H22N4O2S2. The molecule has 0 saturated heterocycles. The normalized spacial score (nSPS) is 12.7. The molecule has 0 unspecified atom stereocenters. The lowest BCUT2D eigenvalue weighted by atomic mass is 10.1. The molecule has 0 atom stereocenters. The first kappa shape index (κ1) is 21.3. The number of urea groups is 1. The minimum Gasteiger partial charge on any atom is -0.348 e. The molecule has 1 aliphatic rings. The van der Waals surface area contributed by atoms with Gasteiger partial charge in [-0.15, -0.1) is 23.5 Å². The van der Waals surface area contributed by atoms with Crippen LogP contribution in [0.3, 0.4) is 0 Å². The van der Waals surface area contributed by atoms with Crippen LogP contribution in [-0.4, -0.2) is 35.5 Å². The van der Waals surface area contributed by atoms with E-state index in [1.807, 2.05) is 42.7 Å². The Morgan fingerprint density at radius 3 is 2.61 bits per heavy atom. The fraction of sp³-hybridized carbons (Fsp3) is 0.174. The molecule has 1 aliphatic heterocycles. The zero-order chi connectivity index (χ0) is 21.6. The summed E-state index contributed by atoms with van der Waals surface area (Å²) in [5, 5.41) is 6.69. The number of anilines is 2. The van der Waals surface area contributed by atoms with Crippen molar-refractivity contribution in [2.75, 3.05) is 28.8 Å². The molecule has 3 amide bonds. The first-order valence-electron chi connectivity index (χ1n) is 9.81. The summed E-state index contributed by atoms with van der Waals surface area (Å²) in [7, 11) is 0. The summed E-state index contributed by atoms with van der Waals surface area (Å²) < 4.78 is 0. The van der Waals surface area contributed by atoms with E-state index < -0.39 is 0 Å². The third-order valence-corrected chi connectivity index (χ3v) is 6.57. The molecule has 4 rings (SSSR count). The Kier molecular flexibility index (Phi) is 6.79.